The Balaban J connectivity index is 1.73. The first-order valence-corrected chi connectivity index (χ1v) is 10.5. The van der Waals surface area contributed by atoms with E-state index in [-0.39, 0.29) is 17.9 Å². The first kappa shape index (κ1) is 20.6. The van der Waals surface area contributed by atoms with Gasteiger partial charge in [0.1, 0.15) is 0 Å². The Morgan fingerprint density at radius 2 is 1.71 bits per heavy atom. The number of hydrogen-bond donors (Lipinski definition) is 1. The SMILES string of the molecule is CC(C)C(=N)CC(C)n1ccc2cc(C(=O)N3CCN(C(C)C)CC3)ccc21. The molecule has 0 bridgehead atoms. The van der Waals surface area contributed by atoms with Gasteiger partial charge in [-0.1, -0.05) is 13.8 Å². The monoisotopic (exact) mass is 382 g/mol. The average molecular weight is 383 g/mol. The number of piperazine rings is 1. The molecule has 28 heavy (non-hydrogen) atoms. The van der Waals surface area contributed by atoms with E-state index in [9.17, 15) is 4.79 Å². The summed E-state index contributed by atoms with van der Waals surface area (Å²) in [5, 5.41) is 9.25. The Morgan fingerprint density at radius 3 is 2.32 bits per heavy atom. The maximum Gasteiger partial charge on any atom is 0.253 e. The van der Waals surface area contributed by atoms with Gasteiger partial charge in [0, 0.05) is 73.1 Å². The number of rotatable bonds is 6. The number of carbonyl (C=O) groups is 1. The van der Waals surface area contributed by atoms with Crippen LogP contribution in [0.1, 0.15) is 57.4 Å². The second-order valence-electron chi connectivity index (χ2n) is 8.65. The third-order valence-electron chi connectivity index (χ3n) is 5.99. The first-order chi connectivity index (χ1) is 13.3. The normalized spacial score (nSPS) is 16.9. The molecule has 1 amide bonds. The fourth-order valence-electron chi connectivity index (χ4n) is 3.96. The van der Waals surface area contributed by atoms with Gasteiger partial charge in [0.15, 0.2) is 0 Å². The summed E-state index contributed by atoms with van der Waals surface area (Å²) in [7, 11) is 0. The van der Waals surface area contributed by atoms with Gasteiger partial charge >= 0.3 is 0 Å². The van der Waals surface area contributed by atoms with Gasteiger partial charge in [-0.2, -0.15) is 0 Å². The Kier molecular flexibility index (Phi) is 6.23. The molecule has 0 saturated carbocycles. The number of nitrogens with zero attached hydrogens (tertiary/aromatic N) is 3. The van der Waals surface area contributed by atoms with Gasteiger partial charge < -0.3 is 14.9 Å². The summed E-state index contributed by atoms with van der Waals surface area (Å²) in [6, 6.07) is 8.88. The van der Waals surface area contributed by atoms with E-state index in [4.69, 9.17) is 5.41 Å². The topological polar surface area (TPSA) is 52.3 Å². The largest absolute Gasteiger partial charge is 0.344 e. The molecule has 1 unspecified atom stereocenters. The van der Waals surface area contributed by atoms with Crippen molar-refractivity contribution in [2.24, 2.45) is 5.92 Å². The van der Waals surface area contributed by atoms with Crippen molar-refractivity contribution >= 4 is 22.5 Å². The zero-order valence-electron chi connectivity index (χ0n) is 17.9. The van der Waals surface area contributed by atoms with E-state index in [0.29, 0.717) is 6.04 Å². The van der Waals surface area contributed by atoms with Crippen LogP contribution in [0, 0.1) is 11.3 Å². The number of fused-ring (bicyclic) bond motifs is 1. The van der Waals surface area contributed by atoms with Crippen molar-refractivity contribution in [3.63, 3.8) is 0 Å². The summed E-state index contributed by atoms with van der Waals surface area (Å²) in [6.45, 7) is 14.2. The molecule has 5 nitrogen and oxygen atoms in total. The standard InChI is InChI=1S/C23H34N4O/c1-16(2)21(24)14-18(5)27-9-8-19-15-20(6-7-22(19)27)23(28)26-12-10-25(11-13-26)17(3)4/h6-9,15-18,24H,10-14H2,1-5H3. The lowest BCUT2D eigenvalue weighted by molar-refractivity contribution is 0.0595. The Hall–Kier alpha value is -2.14. The molecule has 1 saturated heterocycles. The highest BCUT2D eigenvalue weighted by molar-refractivity contribution is 5.98. The molecular formula is C23H34N4O. The maximum atomic E-state index is 13.0. The molecule has 5 heteroatoms. The molecular weight excluding hydrogens is 348 g/mol. The molecule has 1 atom stereocenters. The molecule has 1 aromatic carbocycles. The highest BCUT2D eigenvalue weighted by atomic mass is 16.2. The summed E-state index contributed by atoms with van der Waals surface area (Å²) >= 11 is 0. The predicted molar refractivity (Wildman–Crippen MR) is 116 cm³/mol. The van der Waals surface area contributed by atoms with Gasteiger partial charge in [-0.25, -0.2) is 0 Å². The van der Waals surface area contributed by atoms with E-state index < -0.39 is 0 Å². The molecule has 0 radical (unpaired) electrons. The molecule has 3 rings (SSSR count). The van der Waals surface area contributed by atoms with E-state index >= 15 is 0 Å². The molecule has 152 valence electrons. The molecule has 1 aliphatic heterocycles. The highest BCUT2D eigenvalue weighted by Gasteiger charge is 2.23. The average Bonchev–Trinajstić information content (AvgIpc) is 3.10. The van der Waals surface area contributed by atoms with Gasteiger partial charge in [-0.3, -0.25) is 9.69 Å². The molecule has 2 aromatic rings. The van der Waals surface area contributed by atoms with Crippen LogP contribution in [0.3, 0.4) is 0 Å². The van der Waals surface area contributed by atoms with E-state index in [1.807, 2.05) is 17.0 Å². The van der Waals surface area contributed by atoms with Crippen LogP contribution in [0.2, 0.25) is 0 Å². The van der Waals surface area contributed by atoms with Crippen molar-refractivity contribution in [2.75, 3.05) is 26.2 Å². The van der Waals surface area contributed by atoms with Crippen molar-refractivity contribution < 1.29 is 4.79 Å². The summed E-state index contributed by atoms with van der Waals surface area (Å²) in [4.78, 5) is 17.3. The van der Waals surface area contributed by atoms with Crippen molar-refractivity contribution in [3.05, 3.63) is 36.0 Å². The van der Waals surface area contributed by atoms with E-state index in [1.54, 1.807) is 0 Å². The summed E-state index contributed by atoms with van der Waals surface area (Å²) in [6.07, 6.45) is 2.83. The molecule has 1 aromatic heterocycles. The van der Waals surface area contributed by atoms with Gasteiger partial charge in [0.2, 0.25) is 0 Å². The lowest BCUT2D eigenvalue weighted by atomic mass is 10.0. The van der Waals surface area contributed by atoms with Crippen LogP contribution in [0.4, 0.5) is 0 Å². The predicted octanol–water partition coefficient (Wildman–Crippen LogP) is 4.43. The third-order valence-corrected chi connectivity index (χ3v) is 5.99. The molecule has 2 heterocycles. The van der Waals surface area contributed by atoms with E-state index in [0.717, 1.165) is 54.8 Å². The van der Waals surface area contributed by atoms with Gasteiger partial charge in [-0.15, -0.1) is 0 Å². The maximum absolute atomic E-state index is 13.0. The summed E-state index contributed by atoms with van der Waals surface area (Å²) in [5.74, 6) is 0.414. The second kappa shape index (κ2) is 8.48. The van der Waals surface area contributed by atoms with E-state index in [1.165, 1.54) is 0 Å². The van der Waals surface area contributed by atoms with Crippen molar-refractivity contribution in [1.82, 2.24) is 14.4 Å². The highest BCUT2D eigenvalue weighted by Crippen LogP contribution is 2.25. The quantitative estimate of drug-likeness (QED) is 0.751. The smallest absolute Gasteiger partial charge is 0.253 e. The van der Waals surface area contributed by atoms with Crippen molar-refractivity contribution in [1.29, 1.82) is 5.41 Å². The first-order valence-electron chi connectivity index (χ1n) is 10.5. The van der Waals surface area contributed by atoms with Crippen molar-refractivity contribution in [2.45, 2.75) is 53.1 Å². The van der Waals surface area contributed by atoms with Crippen LogP contribution in [0.25, 0.3) is 10.9 Å². The number of carbonyl (C=O) groups excluding carboxylic acids is 1. The van der Waals surface area contributed by atoms with Crippen LogP contribution in [-0.2, 0) is 0 Å². The Morgan fingerprint density at radius 1 is 1.04 bits per heavy atom. The van der Waals surface area contributed by atoms with Gasteiger partial charge in [0.25, 0.3) is 5.91 Å². The molecule has 0 aliphatic carbocycles. The third kappa shape index (κ3) is 4.30. The zero-order valence-corrected chi connectivity index (χ0v) is 17.9. The minimum absolute atomic E-state index is 0.132. The zero-order chi connectivity index (χ0) is 20.4. The van der Waals surface area contributed by atoms with E-state index in [2.05, 4.69) is 62.4 Å². The summed E-state index contributed by atoms with van der Waals surface area (Å²) in [5.41, 5.74) is 2.68. The lowest BCUT2D eigenvalue weighted by Crippen LogP contribution is -2.50. The molecule has 1 fully saturated rings. The Labute approximate surface area is 168 Å². The Bertz CT molecular complexity index is 843. The minimum Gasteiger partial charge on any atom is -0.344 e. The second-order valence-corrected chi connectivity index (χ2v) is 8.65. The molecule has 1 N–H and O–H groups in total. The van der Waals surface area contributed by atoms with Gasteiger partial charge in [-0.05, 0) is 51.0 Å². The number of nitrogens with one attached hydrogen (secondary N) is 1. The van der Waals surface area contributed by atoms with Crippen LogP contribution in [0.5, 0.6) is 0 Å². The summed E-state index contributed by atoms with van der Waals surface area (Å²) < 4.78 is 2.22. The van der Waals surface area contributed by atoms with Crippen LogP contribution < -0.4 is 0 Å². The molecule has 1 aliphatic rings. The number of hydrogen-bond acceptors (Lipinski definition) is 3. The number of benzene rings is 1. The number of aromatic nitrogens is 1. The van der Waals surface area contributed by atoms with Crippen LogP contribution in [-0.4, -0.2) is 58.2 Å². The van der Waals surface area contributed by atoms with Crippen molar-refractivity contribution in [3.8, 4) is 0 Å². The lowest BCUT2D eigenvalue weighted by Gasteiger charge is -2.37. The fraction of sp³-hybridized carbons (Fsp3) is 0.565. The van der Waals surface area contributed by atoms with Crippen LogP contribution >= 0.6 is 0 Å². The number of amides is 1. The van der Waals surface area contributed by atoms with Gasteiger partial charge in [0.05, 0.1) is 0 Å². The van der Waals surface area contributed by atoms with Crippen LogP contribution in [0.15, 0.2) is 30.5 Å². The fourth-order valence-corrected chi connectivity index (χ4v) is 3.96. The molecule has 0 spiro atoms. The minimum atomic E-state index is 0.132.